The molecule has 120 valence electrons. The number of aliphatic hydroxyl groups excluding tert-OH is 1. The fraction of sp³-hybridized carbons (Fsp3) is 0.471. The van der Waals surface area contributed by atoms with Gasteiger partial charge in [-0.05, 0) is 17.7 Å². The average molecular weight is 320 g/mol. The van der Waals surface area contributed by atoms with Gasteiger partial charge in [0.2, 0.25) is 0 Å². The van der Waals surface area contributed by atoms with Crippen LogP contribution in [0.3, 0.4) is 0 Å². The number of rotatable bonds is 6. The molecule has 1 atom stereocenters. The predicted molar refractivity (Wildman–Crippen MR) is 90.5 cm³/mol. The molecule has 0 bridgehead atoms. The smallest absolute Gasteiger partial charge is 0.119 e. The van der Waals surface area contributed by atoms with Gasteiger partial charge in [0.25, 0.3) is 0 Å². The van der Waals surface area contributed by atoms with Crippen molar-refractivity contribution in [1.82, 2.24) is 10.3 Å². The minimum absolute atomic E-state index is 0.0863. The van der Waals surface area contributed by atoms with E-state index in [1.807, 2.05) is 24.3 Å². The summed E-state index contributed by atoms with van der Waals surface area (Å²) in [5.41, 5.74) is 1.96. The molecule has 2 N–H and O–H groups in total. The molecule has 5 heteroatoms. The van der Waals surface area contributed by atoms with Crippen molar-refractivity contribution in [3.63, 3.8) is 0 Å². The highest BCUT2D eigenvalue weighted by atomic mass is 32.1. The first kappa shape index (κ1) is 16.9. The van der Waals surface area contributed by atoms with Gasteiger partial charge in [-0.15, -0.1) is 11.3 Å². The number of nitrogens with one attached hydrogen (secondary N) is 1. The summed E-state index contributed by atoms with van der Waals surface area (Å²) in [5, 5.41) is 16.7. The number of aromatic nitrogens is 1. The lowest BCUT2D eigenvalue weighted by Crippen LogP contribution is -2.21. The van der Waals surface area contributed by atoms with Gasteiger partial charge in [-0.25, -0.2) is 4.98 Å². The predicted octanol–water partition coefficient (Wildman–Crippen LogP) is 3.27. The molecule has 2 rings (SSSR count). The van der Waals surface area contributed by atoms with E-state index >= 15 is 0 Å². The Kier molecular flexibility index (Phi) is 5.56. The Hall–Kier alpha value is -1.43. The van der Waals surface area contributed by atoms with E-state index in [0.29, 0.717) is 13.1 Å². The summed E-state index contributed by atoms with van der Waals surface area (Å²) in [6.45, 7) is 7.63. The van der Waals surface area contributed by atoms with Crippen molar-refractivity contribution in [1.29, 1.82) is 0 Å². The van der Waals surface area contributed by atoms with Gasteiger partial charge in [-0.3, -0.25) is 0 Å². The number of benzene rings is 1. The van der Waals surface area contributed by atoms with Crippen LogP contribution in [0.15, 0.2) is 29.6 Å². The van der Waals surface area contributed by atoms with E-state index in [-0.39, 0.29) is 5.41 Å². The van der Waals surface area contributed by atoms with Crippen LogP contribution in [-0.2, 0) is 12.0 Å². The van der Waals surface area contributed by atoms with Crippen LogP contribution >= 0.6 is 11.3 Å². The van der Waals surface area contributed by atoms with Crippen molar-refractivity contribution in [3.05, 3.63) is 45.9 Å². The number of methoxy groups -OCH3 is 1. The zero-order chi connectivity index (χ0) is 16.2. The summed E-state index contributed by atoms with van der Waals surface area (Å²) in [5.74, 6) is 0.755. The van der Waals surface area contributed by atoms with Gasteiger partial charge in [0.15, 0.2) is 0 Å². The van der Waals surface area contributed by atoms with Gasteiger partial charge in [0, 0.05) is 23.9 Å². The number of nitrogens with zero attached hydrogens (tertiary/aromatic N) is 1. The van der Waals surface area contributed by atoms with E-state index in [0.717, 1.165) is 22.0 Å². The molecular weight excluding hydrogens is 296 g/mol. The van der Waals surface area contributed by atoms with Crippen LogP contribution in [0, 0.1) is 0 Å². The molecule has 1 heterocycles. The zero-order valence-electron chi connectivity index (χ0n) is 13.6. The zero-order valence-corrected chi connectivity index (χ0v) is 14.4. The highest BCUT2D eigenvalue weighted by Gasteiger charge is 2.17. The first-order chi connectivity index (χ1) is 10.4. The Morgan fingerprint density at radius 2 is 2.14 bits per heavy atom. The summed E-state index contributed by atoms with van der Waals surface area (Å²) < 4.78 is 5.17. The lowest BCUT2D eigenvalue weighted by Gasteiger charge is -2.14. The van der Waals surface area contributed by atoms with E-state index < -0.39 is 6.10 Å². The summed E-state index contributed by atoms with van der Waals surface area (Å²) >= 11 is 1.69. The first-order valence-corrected chi connectivity index (χ1v) is 8.25. The second-order valence-corrected chi connectivity index (χ2v) is 7.18. The third-order valence-corrected chi connectivity index (χ3v) is 4.63. The molecule has 1 aromatic carbocycles. The third kappa shape index (κ3) is 4.53. The minimum Gasteiger partial charge on any atom is -0.497 e. The Morgan fingerprint density at radius 3 is 2.77 bits per heavy atom. The van der Waals surface area contributed by atoms with Crippen molar-refractivity contribution in [3.8, 4) is 5.75 Å². The van der Waals surface area contributed by atoms with Crippen LogP contribution in [0.5, 0.6) is 5.75 Å². The SMILES string of the molecule is COc1cccc(C(O)CNCc2csc(C(C)(C)C)n2)c1. The third-order valence-electron chi connectivity index (χ3n) is 3.32. The molecule has 4 nitrogen and oxygen atoms in total. The first-order valence-electron chi connectivity index (χ1n) is 7.38. The van der Waals surface area contributed by atoms with Crippen molar-refractivity contribution in [2.45, 2.75) is 38.8 Å². The van der Waals surface area contributed by atoms with Crippen molar-refractivity contribution >= 4 is 11.3 Å². The largest absolute Gasteiger partial charge is 0.497 e. The van der Waals surface area contributed by atoms with Gasteiger partial charge in [-0.2, -0.15) is 0 Å². The Balaban J connectivity index is 1.86. The molecule has 0 aliphatic heterocycles. The van der Waals surface area contributed by atoms with Crippen LogP contribution in [0.2, 0.25) is 0 Å². The quantitative estimate of drug-likeness (QED) is 0.858. The minimum atomic E-state index is -0.559. The maximum atomic E-state index is 10.2. The van der Waals surface area contributed by atoms with Crippen molar-refractivity contribution < 1.29 is 9.84 Å². The van der Waals surface area contributed by atoms with E-state index in [1.165, 1.54) is 0 Å². The van der Waals surface area contributed by atoms with Gasteiger partial charge < -0.3 is 15.2 Å². The maximum Gasteiger partial charge on any atom is 0.119 e. The molecule has 1 unspecified atom stereocenters. The summed E-state index contributed by atoms with van der Waals surface area (Å²) in [7, 11) is 1.62. The van der Waals surface area contributed by atoms with Gasteiger partial charge >= 0.3 is 0 Å². The molecule has 0 aliphatic rings. The average Bonchev–Trinajstić information content (AvgIpc) is 2.96. The number of hydrogen-bond donors (Lipinski definition) is 2. The fourth-order valence-corrected chi connectivity index (χ4v) is 2.94. The second-order valence-electron chi connectivity index (χ2n) is 6.32. The highest BCUT2D eigenvalue weighted by Crippen LogP contribution is 2.25. The molecule has 0 saturated carbocycles. The van der Waals surface area contributed by atoms with E-state index in [2.05, 4.69) is 36.5 Å². The standard InChI is InChI=1S/C17H24N2O2S/c1-17(2,3)16-19-13(11-22-16)9-18-10-15(20)12-6-5-7-14(8-12)21-4/h5-8,11,15,18,20H,9-10H2,1-4H3. The van der Waals surface area contributed by atoms with Crippen molar-refractivity contribution in [2.24, 2.45) is 0 Å². The van der Waals surface area contributed by atoms with E-state index in [9.17, 15) is 5.11 Å². The molecule has 0 fully saturated rings. The molecule has 2 aromatic rings. The molecule has 0 saturated heterocycles. The van der Waals surface area contributed by atoms with Crippen LogP contribution in [0.4, 0.5) is 0 Å². The molecule has 0 aliphatic carbocycles. The van der Waals surface area contributed by atoms with Gasteiger partial charge in [-0.1, -0.05) is 32.9 Å². The molecule has 1 aromatic heterocycles. The maximum absolute atomic E-state index is 10.2. The molecule has 0 spiro atoms. The van der Waals surface area contributed by atoms with Crippen molar-refractivity contribution in [2.75, 3.05) is 13.7 Å². The lowest BCUT2D eigenvalue weighted by molar-refractivity contribution is 0.174. The molecule has 22 heavy (non-hydrogen) atoms. The Bertz CT molecular complexity index is 605. The fourth-order valence-electron chi connectivity index (χ4n) is 2.04. The number of hydrogen-bond acceptors (Lipinski definition) is 5. The lowest BCUT2D eigenvalue weighted by atomic mass is 9.98. The van der Waals surface area contributed by atoms with Crippen LogP contribution in [-0.4, -0.2) is 23.7 Å². The summed E-state index contributed by atoms with van der Waals surface area (Å²) in [6.07, 6.45) is -0.559. The van der Waals surface area contributed by atoms with Crippen LogP contribution in [0.25, 0.3) is 0 Å². The van der Waals surface area contributed by atoms with E-state index in [4.69, 9.17) is 4.74 Å². The van der Waals surface area contributed by atoms with Gasteiger partial charge in [0.1, 0.15) is 5.75 Å². The summed E-state index contributed by atoms with van der Waals surface area (Å²) in [6, 6.07) is 7.50. The number of thiazole rings is 1. The normalized spacial score (nSPS) is 13.1. The topological polar surface area (TPSA) is 54.4 Å². The molecule has 0 amide bonds. The summed E-state index contributed by atoms with van der Waals surface area (Å²) in [4.78, 5) is 4.63. The Morgan fingerprint density at radius 1 is 1.36 bits per heavy atom. The van der Waals surface area contributed by atoms with Crippen LogP contribution in [0.1, 0.15) is 43.1 Å². The van der Waals surface area contributed by atoms with E-state index in [1.54, 1.807) is 18.4 Å². The monoisotopic (exact) mass is 320 g/mol. The highest BCUT2D eigenvalue weighted by molar-refractivity contribution is 7.09. The van der Waals surface area contributed by atoms with Gasteiger partial charge in [0.05, 0.1) is 23.9 Å². The number of ether oxygens (including phenoxy) is 1. The Labute approximate surface area is 136 Å². The molecule has 0 radical (unpaired) electrons. The number of aliphatic hydroxyl groups is 1. The molecular formula is C17H24N2O2S. The second kappa shape index (κ2) is 7.22. The van der Waals surface area contributed by atoms with Crippen LogP contribution < -0.4 is 10.1 Å².